The molecule has 2 fully saturated rings. The Morgan fingerprint density at radius 3 is 2.91 bits per heavy atom. The fourth-order valence-corrected chi connectivity index (χ4v) is 7.23. The van der Waals surface area contributed by atoms with E-state index in [4.69, 9.17) is 16.3 Å². The Morgan fingerprint density at radius 1 is 1.49 bits per heavy atom. The largest absolute Gasteiger partial charge is 0.481 e. The summed E-state index contributed by atoms with van der Waals surface area (Å²) in [6, 6.07) is -0.830. The molecule has 2 aromatic heterocycles. The molecule has 188 valence electrons. The van der Waals surface area contributed by atoms with E-state index in [1.165, 1.54) is 39.8 Å². The number of aliphatic carboxylic acids is 1. The van der Waals surface area contributed by atoms with Crippen LogP contribution in [0.25, 0.3) is 0 Å². The SMILES string of the molecule is CC(CN)ON=C(C(=O)NC1C(=O)N2CC(CSc3nncs3)(C(=O)O)CS[C@H]12)c1csc(N)n1. The molecule has 2 aromatic rings. The number of hydrogen-bond acceptors (Lipinski definition) is 14. The Hall–Kier alpha value is -2.47. The molecule has 0 aliphatic carbocycles. The maximum atomic E-state index is 13.0. The number of thioether (sulfide) groups is 2. The molecular formula is C18H22N8O5S4. The molecule has 4 rings (SSSR count). The van der Waals surface area contributed by atoms with Gasteiger partial charge < -0.3 is 31.6 Å². The minimum absolute atomic E-state index is 0.0394. The van der Waals surface area contributed by atoms with Crippen LogP contribution in [0.15, 0.2) is 20.4 Å². The molecule has 6 N–H and O–H groups in total. The maximum absolute atomic E-state index is 13.0. The number of carboxylic acid groups (broad SMARTS) is 1. The number of thiazole rings is 1. The van der Waals surface area contributed by atoms with Crippen molar-refractivity contribution >= 4 is 74.8 Å². The number of nitrogens with one attached hydrogen (secondary N) is 1. The number of nitrogens with zero attached hydrogens (tertiary/aromatic N) is 5. The highest BCUT2D eigenvalue weighted by Gasteiger charge is 2.57. The standard InChI is InChI=1S/C18H22N8O5S4/c1-8(2-19)31-25-10(9-3-32-16(20)22-9)12(27)23-11-13(28)26-4-18(15(29)30,5-33-14(11)26)6-34-17-24-21-7-35-17/h3,7-8,11,14H,2,4-6,19H2,1H3,(H2,20,22)(H,23,27)(H,29,30)/t8?,11?,14-,18?/m1/s1. The second kappa shape index (κ2) is 10.7. The zero-order valence-corrected chi connectivity index (χ0v) is 21.6. The number of carbonyl (C=O) groups excluding carboxylic acids is 2. The van der Waals surface area contributed by atoms with E-state index in [0.717, 1.165) is 11.3 Å². The first-order valence-corrected chi connectivity index (χ1v) is 14.0. The van der Waals surface area contributed by atoms with Gasteiger partial charge in [-0.3, -0.25) is 14.4 Å². The van der Waals surface area contributed by atoms with Crippen LogP contribution in [0.5, 0.6) is 0 Å². The van der Waals surface area contributed by atoms with Crippen molar-refractivity contribution in [3.05, 3.63) is 16.6 Å². The number of fused-ring (bicyclic) bond motifs is 1. The van der Waals surface area contributed by atoms with Gasteiger partial charge in [-0.05, 0) is 6.92 Å². The molecule has 2 aliphatic rings. The van der Waals surface area contributed by atoms with Crippen LogP contribution < -0.4 is 16.8 Å². The lowest BCUT2D eigenvalue weighted by Gasteiger charge is -2.53. The fourth-order valence-electron chi connectivity index (χ4n) is 3.33. The number of anilines is 1. The number of aromatic nitrogens is 3. The van der Waals surface area contributed by atoms with Crippen molar-refractivity contribution in [2.24, 2.45) is 16.3 Å². The van der Waals surface area contributed by atoms with E-state index in [9.17, 15) is 19.5 Å². The van der Waals surface area contributed by atoms with Crippen molar-refractivity contribution in [3.8, 4) is 0 Å². The average Bonchev–Trinajstić information content (AvgIpc) is 3.52. The van der Waals surface area contributed by atoms with Crippen molar-refractivity contribution in [3.63, 3.8) is 0 Å². The van der Waals surface area contributed by atoms with Crippen molar-refractivity contribution in [2.75, 3.05) is 30.3 Å². The predicted molar refractivity (Wildman–Crippen MR) is 133 cm³/mol. The minimum atomic E-state index is -1.14. The first kappa shape index (κ1) is 25.6. The predicted octanol–water partition coefficient (Wildman–Crippen LogP) is -0.0921. The molecule has 35 heavy (non-hydrogen) atoms. The van der Waals surface area contributed by atoms with Gasteiger partial charge >= 0.3 is 5.97 Å². The second-order valence-electron chi connectivity index (χ2n) is 7.86. The number of amides is 2. The van der Waals surface area contributed by atoms with E-state index in [1.54, 1.807) is 17.8 Å². The van der Waals surface area contributed by atoms with Gasteiger partial charge in [0.1, 0.15) is 34.1 Å². The molecule has 4 heterocycles. The van der Waals surface area contributed by atoms with E-state index in [2.05, 4.69) is 25.7 Å². The molecule has 2 aliphatic heterocycles. The lowest BCUT2D eigenvalue weighted by molar-refractivity contribution is -0.157. The topological polar surface area (TPSA) is 199 Å². The zero-order valence-electron chi connectivity index (χ0n) is 18.3. The van der Waals surface area contributed by atoms with Crippen LogP contribution in [0.3, 0.4) is 0 Å². The number of rotatable bonds is 10. The quantitative estimate of drug-likeness (QED) is 0.131. The van der Waals surface area contributed by atoms with Crippen molar-refractivity contribution in [2.45, 2.75) is 28.8 Å². The van der Waals surface area contributed by atoms with Crippen LogP contribution in [-0.4, -0.2) is 90.8 Å². The highest BCUT2D eigenvalue weighted by molar-refractivity contribution is 8.01. The highest BCUT2D eigenvalue weighted by Crippen LogP contribution is 2.44. The Morgan fingerprint density at radius 2 is 2.29 bits per heavy atom. The smallest absolute Gasteiger partial charge is 0.313 e. The molecule has 0 bridgehead atoms. The third kappa shape index (κ3) is 5.37. The molecule has 0 radical (unpaired) electrons. The number of nitrogens with two attached hydrogens (primary N) is 2. The van der Waals surface area contributed by atoms with Crippen molar-refractivity contribution < 1.29 is 24.3 Å². The number of nitrogen functional groups attached to an aromatic ring is 1. The van der Waals surface area contributed by atoms with Gasteiger partial charge in [0.15, 0.2) is 15.2 Å². The third-order valence-corrected chi connectivity index (χ3v) is 9.74. The van der Waals surface area contributed by atoms with Gasteiger partial charge in [-0.15, -0.1) is 33.3 Å². The minimum Gasteiger partial charge on any atom is -0.481 e. The summed E-state index contributed by atoms with van der Waals surface area (Å²) in [5.41, 5.74) is 11.8. The first-order chi connectivity index (χ1) is 16.7. The third-order valence-electron chi connectivity index (χ3n) is 5.33. The molecule has 0 spiro atoms. The molecule has 2 amide bonds. The lowest BCUT2D eigenvalue weighted by atomic mass is 9.89. The van der Waals surface area contributed by atoms with Gasteiger partial charge in [0.25, 0.3) is 5.91 Å². The fraction of sp³-hybridized carbons (Fsp3) is 0.500. The Kier molecular flexibility index (Phi) is 7.80. The lowest BCUT2D eigenvalue weighted by Crippen LogP contribution is -2.74. The Labute approximate surface area is 216 Å². The van der Waals surface area contributed by atoms with Crippen LogP contribution in [0.4, 0.5) is 5.13 Å². The van der Waals surface area contributed by atoms with Crippen LogP contribution in [0.1, 0.15) is 12.6 Å². The van der Waals surface area contributed by atoms with E-state index in [1.807, 2.05) is 0 Å². The molecule has 0 saturated carbocycles. The highest BCUT2D eigenvalue weighted by atomic mass is 32.2. The summed E-state index contributed by atoms with van der Waals surface area (Å²) in [4.78, 5) is 48.9. The summed E-state index contributed by atoms with van der Waals surface area (Å²) in [5.74, 6) is -1.48. The molecule has 0 aromatic carbocycles. The van der Waals surface area contributed by atoms with Crippen molar-refractivity contribution in [1.82, 2.24) is 25.4 Å². The molecule has 17 heteroatoms. The van der Waals surface area contributed by atoms with E-state index < -0.39 is 34.8 Å². The molecular weight excluding hydrogens is 537 g/mol. The maximum Gasteiger partial charge on any atom is 0.313 e. The summed E-state index contributed by atoms with van der Waals surface area (Å²) in [5, 5.41) is 25.7. The summed E-state index contributed by atoms with van der Waals surface area (Å²) < 4.78 is 0.665. The van der Waals surface area contributed by atoms with Gasteiger partial charge in [-0.2, -0.15) is 0 Å². The Balaban J connectivity index is 1.44. The summed E-state index contributed by atoms with van der Waals surface area (Å²) in [7, 11) is 0. The average molecular weight is 559 g/mol. The van der Waals surface area contributed by atoms with Gasteiger partial charge in [-0.1, -0.05) is 28.3 Å². The number of oxime groups is 1. The van der Waals surface area contributed by atoms with Gasteiger partial charge in [-0.25, -0.2) is 4.98 Å². The summed E-state index contributed by atoms with van der Waals surface area (Å²) in [6.07, 6.45) is -0.439. The number of β-lactam (4-membered cyclic amide) rings is 1. The van der Waals surface area contributed by atoms with Crippen LogP contribution >= 0.6 is 46.2 Å². The van der Waals surface area contributed by atoms with E-state index in [0.29, 0.717) is 4.34 Å². The number of carboxylic acids is 1. The number of hydrogen-bond donors (Lipinski definition) is 4. The van der Waals surface area contributed by atoms with Gasteiger partial charge in [0, 0.05) is 30.0 Å². The van der Waals surface area contributed by atoms with E-state index >= 15 is 0 Å². The van der Waals surface area contributed by atoms with Gasteiger partial charge in [0.05, 0.1) is 0 Å². The van der Waals surface area contributed by atoms with Gasteiger partial charge in [0.2, 0.25) is 5.91 Å². The molecule has 2 saturated heterocycles. The molecule has 4 atom stereocenters. The normalized spacial score (nSPS) is 24.9. The van der Waals surface area contributed by atoms with Crippen LogP contribution in [0.2, 0.25) is 0 Å². The molecule has 13 nitrogen and oxygen atoms in total. The summed E-state index contributed by atoms with van der Waals surface area (Å²) in [6.45, 7) is 1.92. The molecule has 3 unspecified atom stereocenters. The van der Waals surface area contributed by atoms with E-state index in [-0.39, 0.29) is 47.0 Å². The zero-order chi connectivity index (χ0) is 25.2. The first-order valence-electron chi connectivity index (χ1n) is 10.2. The monoisotopic (exact) mass is 558 g/mol. The second-order valence-corrected chi connectivity index (χ2v) is 11.9. The van der Waals surface area contributed by atoms with Crippen LogP contribution in [0, 0.1) is 5.41 Å². The number of carbonyl (C=O) groups is 3. The summed E-state index contributed by atoms with van der Waals surface area (Å²) >= 11 is 5.08. The van der Waals surface area contributed by atoms with Crippen molar-refractivity contribution in [1.29, 1.82) is 0 Å². The van der Waals surface area contributed by atoms with Crippen LogP contribution in [-0.2, 0) is 19.2 Å². The Bertz CT molecular complexity index is 1130.